The molecule has 0 aromatic carbocycles. The van der Waals surface area contributed by atoms with E-state index in [1.54, 1.807) is 11.3 Å². The molecule has 1 aromatic rings. The second-order valence-electron chi connectivity index (χ2n) is 4.85. The fourth-order valence-electron chi connectivity index (χ4n) is 1.68. The van der Waals surface area contributed by atoms with Crippen molar-refractivity contribution in [1.29, 1.82) is 0 Å². The molecule has 0 spiro atoms. The van der Waals surface area contributed by atoms with Crippen molar-refractivity contribution in [1.82, 2.24) is 10.3 Å². The first kappa shape index (κ1) is 13.6. The number of nitrogens with two attached hydrogens (primary N) is 1. The Hall–Kier alpha value is -0.450. The molecule has 2 unspecified atom stereocenters. The Labute approximate surface area is 102 Å². The first-order valence-electron chi connectivity index (χ1n) is 5.90. The van der Waals surface area contributed by atoms with Gasteiger partial charge in [-0.25, -0.2) is 4.98 Å². The van der Waals surface area contributed by atoms with Crippen molar-refractivity contribution in [2.24, 2.45) is 11.7 Å². The summed E-state index contributed by atoms with van der Waals surface area (Å²) in [6.07, 6.45) is 1.07. The SMILES string of the molecule is Cc1csc(C(C)NCC(N)CC(C)C)n1. The fraction of sp³-hybridized carbons (Fsp3) is 0.750. The average molecular weight is 241 g/mol. The maximum absolute atomic E-state index is 6.03. The van der Waals surface area contributed by atoms with Crippen LogP contribution in [0, 0.1) is 12.8 Å². The number of aryl methyl sites for hydroxylation is 1. The largest absolute Gasteiger partial charge is 0.327 e. The molecule has 1 aromatic heterocycles. The van der Waals surface area contributed by atoms with Crippen LogP contribution in [0.25, 0.3) is 0 Å². The van der Waals surface area contributed by atoms with E-state index in [4.69, 9.17) is 5.73 Å². The van der Waals surface area contributed by atoms with Gasteiger partial charge in [0, 0.05) is 23.7 Å². The molecular weight excluding hydrogens is 218 g/mol. The average Bonchev–Trinajstić information content (AvgIpc) is 2.60. The van der Waals surface area contributed by atoms with Crippen molar-refractivity contribution in [3.05, 3.63) is 16.1 Å². The number of aromatic nitrogens is 1. The van der Waals surface area contributed by atoms with Crippen LogP contribution in [0.4, 0.5) is 0 Å². The van der Waals surface area contributed by atoms with E-state index >= 15 is 0 Å². The van der Waals surface area contributed by atoms with Crippen LogP contribution >= 0.6 is 11.3 Å². The minimum absolute atomic E-state index is 0.239. The predicted octanol–water partition coefficient (Wildman–Crippen LogP) is 2.48. The summed E-state index contributed by atoms with van der Waals surface area (Å²) < 4.78 is 0. The standard InChI is InChI=1S/C12H23N3S/c1-8(2)5-11(13)6-14-10(4)12-15-9(3)7-16-12/h7-8,10-11,14H,5-6,13H2,1-4H3. The lowest BCUT2D eigenvalue weighted by atomic mass is 10.0. The second kappa shape index (κ2) is 6.33. The predicted molar refractivity (Wildman–Crippen MR) is 70.7 cm³/mol. The molecule has 1 heterocycles. The Morgan fingerprint density at radius 3 is 2.62 bits per heavy atom. The maximum atomic E-state index is 6.03. The van der Waals surface area contributed by atoms with Gasteiger partial charge in [-0.1, -0.05) is 13.8 Å². The molecule has 3 nitrogen and oxygen atoms in total. The smallest absolute Gasteiger partial charge is 0.110 e. The van der Waals surface area contributed by atoms with Gasteiger partial charge >= 0.3 is 0 Å². The molecule has 1 rings (SSSR count). The van der Waals surface area contributed by atoms with Crippen molar-refractivity contribution in [2.45, 2.75) is 46.2 Å². The lowest BCUT2D eigenvalue weighted by Crippen LogP contribution is -2.36. The van der Waals surface area contributed by atoms with Gasteiger partial charge in [0.15, 0.2) is 0 Å². The zero-order valence-electron chi connectivity index (χ0n) is 10.7. The number of hydrogen-bond acceptors (Lipinski definition) is 4. The van der Waals surface area contributed by atoms with Gasteiger partial charge < -0.3 is 11.1 Å². The lowest BCUT2D eigenvalue weighted by Gasteiger charge is -2.17. The van der Waals surface area contributed by atoms with E-state index in [2.05, 4.69) is 36.5 Å². The number of nitrogens with zero attached hydrogens (tertiary/aromatic N) is 1. The highest BCUT2D eigenvalue weighted by molar-refractivity contribution is 7.09. The monoisotopic (exact) mass is 241 g/mol. The number of hydrogen-bond donors (Lipinski definition) is 2. The molecule has 0 aliphatic rings. The van der Waals surface area contributed by atoms with E-state index in [1.807, 2.05) is 6.92 Å². The van der Waals surface area contributed by atoms with E-state index in [0.29, 0.717) is 12.0 Å². The molecule has 0 aliphatic heterocycles. The summed E-state index contributed by atoms with van der Waals surface area (Å²) in [7, 11) is 0. The molecule has 0 bridgehead atoms. The van der Waals surface area contributed by atoms with Gasteiger partial charge in [-0.3, -0.25) is 0 Å². The van der Waals surface area contributed by atoms with Crippen molar-refractivity contribution in [3.8, 4) is 0 Å². The third-order valence-electron chi connectivity index (χ3n) is 2.47. The van der Waals surface area contributed by atoms with E-state index < -0.39 is 0 Å². The second-order valence-corrected chi connectivity index (χ2v) is 5.74. The molecule has 16 heavy (non-hydrogen) atoms. The Bertz CT molecular complexity index is 309. The lowest BCUT2D eigenvalue weighted by molar-refractivity contribution is 0.445. The summed E-state index contributed by atoms with van der Waals surface area (Å²) in [5.74, 6) is 0.661. The number of rotatable bonds is 6. The summed E-state index contributed by atoms with van der Waals surface area (Å²) in [5.41, 5.74) is 7.12. The molecule has 92 valence electrons. The minimum Gasteiger partial charge on any atom is -0.327 e. The number of nitrogens with one attached hydrogen (secondary N) is 1. The molecule has 0 fully saturated rings. The van der Waals surface area contributed by atoms with Crippen LogP contribution in [0.5, 0.6) is 0 Å². The Balaban J connectivity index is 2.32. The van der Waals surface area contributed by atoms with E-state index in [9.17, 15) is 0 Å². The quantitative estimate of drug-likeness (QED) is 0.804. The van der Waals surface area contributed by atoms with E-state index in [1.165, 1.54) is 0 Å². The topological polar surface area (TPSA) is 50.9 Å². The summed E-state index contributed by atoms with van der Waals surface area (Å²) in [6.45, 7) is 9.43. The van der Waals surface area contributed by atoms with Gasteiger partial charge in [-0.2, -0.15) is 0 Å². The van der Waals surface area contributed by atoms with Crippen LogP contribution in [-0.2, 0) is 0 Å². The minimum atomic E-state index is 0.239. The van der Waals surface area contributed by atoms with Gasteiger partial charge in [-0.15, -0.1) is 11.3 Å². The Morgan fingerprint density at radius 1 is 1.44 bits per heavy atom. The van der Waals surface area contributed by atoms with Gasteiger partial charge in [0.2, 0.25) is 0 Å². The van der Waals surface area contributed by atoms with Crippen molar-refractivity contribution in [2.75, 3.05) is 6.54 Å². The van der Waals surface area contributed by atoms with E-state index in [0.717, 1.165) is 23.7 Å². The highest BCUT2D eigenvalue weighted by Crippen LogP contribution is 2.17. The maximum Gasteiger partial charge on any atom is 0.110 e. The van der Waals surface area contributed by atoms with Gasteiger partial charge in [0.25, 0.3) is 0 Å². The summed E-state index contributed by atoms with van der Waals surface area (Å²) in [4.78, 5) is 4.46. The molecule has 0 amide bonds. The third-order valence-corrected chi connectivity index (χ3v) is 3.61. The fourth-order valence-corrected chi connectivity index (χ4v) is 2.50. The summed E-state index contributed by atoms with van der Waals surface area (Å²) in [5, 5.41) is 6.67. The molecule has 4 heteroatoms. The van der Waals surface area contributed by atoms with Crippen LogP contribution in [0.15, 0.2) is 5.38 Å². The zero-order valence-corrected chi connectivity index (χ0v) is 11.5. The van der Waals surface area contributed by atoms with E-state index in [-0.39, 0.29) is 6.04 Å². The molecule has 0 radical (unpaired) electrons. The number of thiazole rings is 1. The molecular formula is C12H23N3S. The van der Waals surface area contributed by atoms with Crippen LogP contribution in [0.3, 0.4) is 0 Å². The van der Waals surface area contributed by atoms with Gasteiger partial charge in [0.05, 0.1) is 6.04 Å². The van der Waals surface area contributed by atoms with Gasteiger partial charge in [-0.05, 0) is 26.2 Å². The van der Waals surface area contributed by atoms with Crippen molar-refractivity contribution in [3.63, 3.8) is 0 Å². The van der Waals surface area contributed by atoms with Crippen LogP contribution in [-0.4, -0.2) is 17.6 Å². The van der Waals surface area contributed by atoms with Crippen molar-refractivity contribution >= 4 is 11.3 Å². The zero-order chi connectivity index (χ0) is 12.1. The molecule has 3 N–H and O–H groups in total. The molecule has 0 saturated heterocycles. The Morgan fingerprint density at radius 2 is 2.12 bits per heavy atom. The van der Waals surface area contributed by atoms with Crippen LogP contribution < -0.4 is 11.1 Å². The normalized spacial score (nSPS) is 15.4. The highest BCUT2D eigenvalue weighted by atomic mass is 32.1. The molecule has 0 aliphatic carbocycles. The van der Waals surface area contributed by atoms with Crippen LogP contribution in [0.1, 0.15) is 43.9 Å². The highest BCUT2D eigenvalue weighted by Gasteiger charge is 2.11. The first-order chi connectivity index (χ1) is 7.49. The molecule has 0 saturated carbocycles. The summed E-state index contributed by atoms with van der Waals surface area (Å²) in [6, 6.07) is 0.542. The Kier molecular flexibility index (Phi) is 5.38. The summed E-state index contributed by atoms with van der Waals surface area (Å²) >= 11 is 1.71. The molecule has 2 atom stereocenters. The van der Waals surface area contributed by atoms with Crippen LogP contribution in [0.2, 0.25) is 0 Å². The van der Waals surface area contributed by atoms with Gasteiger partial charge in [0.1, 0.15) is 5.01 Å². The third kappa shape index (κ3) is 4.60. The van der Waals surface area contributed by atoms with Crippen molar-refractivity contribution < 1.29 is 0 Å². The first-order valence-corrected chi connectivity index (χ1v) is 6.78.